The number of fused-ring (bicyclic) bond motifs is 1. The first kappa shape index (κ1) is 14.5. The van der Waals surface area contributed by atoms with Crippen molar-refractivity contribution in [3.63, 3.8) is 0 Å². The molecule has 2 aromatic rings. The molecule has 3 N–H and O–H groups in total. The van der Waals surface area contributed by atoms with Gasteiger partial charge in [-0.05, 0) is 36.3 Å². The summed E-state index contributed by atoms with van der Waals surface area (Å²) >= 11 is 0. The summed E-state index contributed by atoms with van der Waals surface area (Å²) < 4.78 is 2.20. The van der Waals surface area contributed by atoms with Crippen LogP contribution >= 0.6 is 0 Å². The van der Waals surface area contributed by atoms with Crippen LogP contribution in [0.3, 0.4) is 0 Å². The van der Waals surface area contributed by atoms with E-state index in [-0.39, 0.29) is 6.04 Å². The van der Waals surface area contributed by atoms with Gasteiger partial charge in [0.25, 0.3) is 0 Å². The van der Waals surface area contributed by atoms with Crippen molar-refractivity contribution in [2.75, 3.05) is 0 Å². The fraction of sp³-hybridized carbons (Fsp3) is 0.588. The number of imidazole rings is 1. The van der Waals surface area contributed by atoms with E-state index in [1.54, 1.807) is 0 Å². The highest BCUT2D eigenvalue weighted by atomic mass is 15.2. The minimum Gasteiger partial charge on any atom is -0.331 e. The standard InChI is InChI=1S/C17H26N4/c1-17(2)10-6-7-12(17)14(20-18)11-16-19-13-8-4-5-9-15(13)21(16)3/h4-5,8-9,12,14,20H,6-7,10-11,18H2,1-3H3. The Labute approximate surface area is 126 Å². The van der Waals surface area contributed by atoms with Gasteiger partial charge in [-0.3, -0.25) is 11.3 Å². The van der Waals surface area contributed by atoms with Crippen LogP contribution in [0.4, 0.5) is 0 Å². The largest absolute Gasteiger partial charge is 0.331 e. The number of para-hydroxylation sites is 2. The number of hydrazine groups is 1. The Morgan fingerprint density at radius 3 is 2.81 bits per heavy atom. The van der Waals surface area contributed by atoms with Gasteiger partial charge < -0.3 is 4.57 Å². The van der Waals surface area contributed by atoms with E-state index in [1.807, 2.05) is 6.07 Å². The molecule has 0 bridgehead atoms. The van der Waals surface area contributed by atoms with Crippen LogP contribution in [0.5, 0.6) is 0 Å². The van der Waals surface area contributed by atoms with Crippen molar-refractivity contribution in [3.05, 3.63) is 30.1 Å². The first-order valence-corrected chi connectivity index (χ1v) is 7.89. The Hall–Kier alpha value is -1.39. The normalized spacial score (nSPS) is 22.8. The van der Waals surface area contributed by atoms with Crippen LogP contribution in [0.25, 0.3) is 11.0 Å². The molecule has 0 radical (unpaired) electrons. The van der Waals surface area contributed by atoms with Crippen molar-refractivity contribution < 1.29 is 0 Å². The molecule has 0 spiro atoms. The van der Waals surface area contributed by atoms with Gasteiger partial charge in [-0.25, -0.2) is 4.98 Å². The van der Waals surface area contributed by atoms with Crippen LogP contribution in [0.2, 0.25) is 0 Å². The van der Waals surface area contributed by atoms with Crippen molar-refractivity contribution in [2.24, 2.45) is 24.2 Å². The van der Waals surface area contributed by atoms with E-state index in [1.165, 1.54) is 24.8 Å². The summed E-state index contributed by atoms with van der Waals surface area (Å²) in [7, 11) is 2.10. The third-order valence-corrected chi connectivity index (χ3v) is 5.32. The maximum absolute atomic E-state index is 5.88. The number of nitrogens with zero attached hydrogens (tertiary/aromatic N) is 2. The molecule has 1 aliphatic rings. The summed E-state index contributed by atoms with van der Waals surface area (Å²) in [6.07, 6.45) is 4.73. The number of nitrogens with one attached hydrogen (secondary N) is 1. The van der Waals surface area contributed by atoms with Crippen molar-refractivity contribution in [1.82, 2.24) is 15.0 Å². The molecular weight excluding hydrogens is 260 g/mol. The van der Waals surface area contributed by atoms with Crippen LogP contribution in [-0.2, 0) is 13.5 Å². The van der Waals surface area contributed by atoms with E-state index in [0.29, 0.717) is 11.3 Å². The summed E-state index contributed by atoms with van der Waals surface area (Å²) in [6.45, 7) is 4.73. The lowest BCUT2D eigenvalue weighted by atomic mass is 9.76. The molecule has 1 aromatic heterocycles. The maximum Gasteiger partial charge on any atom is 0.111 e. The molecule has 3 rings (SSSR count). The molecule has 1 saturated carbocycles. The number of aromatic nitrogens is 2. The predicted octanol–water partition coefficient (Wildman–Crippen LogP) is 2.77. The molecule has 1 fully saturated rings. The quantitative estimate of drug-likeness (QED) is 0.671. The third kappa shape index (κ3) is 2.58. The summed E-state index contributed by atoms with van der Waals surface area (Å²) in [5, 5.41) is 0. The SMILES string of the molecule is Cn1c(CC(NN)C2CCCC2(C)C)nc2ccccc21. The minimum atomic E-state index is 0.290. The van der Waals surface area contributed by atoms with Gasteiger partial charge in [-0.2, -0.15) is 0 Å². The molecule has 1 aliphatic carbocycles. The molecule has 0 saturated heterocycles. The average Bonchev–Trinajstić information content (AvgIpc) is 2.97. The minimum absolute atomic E-state index is 0.290. The molecule has 0 aliphatic heterocycles. The molecule has 21 heavy (non-hydrogen) atoms. The molecule has 1 aromatic carbocycles. The molecule has 114 valence electrons. The molecule has 0 amide bonds. The zero-order valence-corrected chi connectivity index (χ0v) is 13.3. The fourth-order valence-corrected chi connectivity index (χ4v) is 3.99. The Morgan fingerprint density at radius 1 is 1.43 bits per heavy atom. The van der Waals surface area contributed by atoms with Gasteiger partial charge in [0.2, 0.25) is 0 Å². The Kier molecular flexibility index (Phi) is 3.76. The molecule has 1 heterocycles. The summed E-state index contributed by atoms with van der Waals surface area (Å²) in [5.41, 5.74) is 5.68. The van der Waals surface area contributed by atoms with Crippen LogP contribution in [0.15, 0.2) is 24.3 Å². The number of hydrogen-bond acceptors (Lipinski definition) is 3. The van der Waals surface area contributed by atoms with Crippen LogP contribution in [-0.4, -0.2) is 15.6 Å². The van der Waals surface area contributed by atoms with Gasteiger partial charge in [0.1, 0.15) is 5.82 Å². The average molecular weight is 286 g/mol. The summed E-state index contributed by atoms with van der Waals surface area (Å²) in [4.78, 5) is 4.79. The number of nitrogens with two attached hydrogens (primary N) is 1. The number of hydrogen-bond donors (Lipinski definition) is 2. The smallest absolute Gasteiger partial charge is 0.111 e. The van der Waals surface area contributed by atoms with E-state index < -0.39 is 0 Å². The van der Waals surface area contributed by atoms with E-state index in [9.17, 15) is 0 Å². The van der Waals surface area contributed by atoms with E-state index in [2.05, 4.69) is 49.1 Å². The molecule has 4 nitrogen and oxygen atoms in total. The highest BCUT2D eigenvalue weighted by Crippen LogP contribution is 2.44. The maximum atomic E-state index is 5.88. The predicted molar refractivity (Wildman–Crippen MR) is 86.7 cm³/mol. The highest BCUT2D eigenvalue weighted by molar-refractivity contribution is 5.75. The third-order valence-electron chi connectivity index (χ3n) is 5.32. The number of aryl methyl sites for hydroxylation is 1. The van der Waals surface area contributed by atoms with Crippen LogP contribution < -0.4 is 11.3 Å². The van der Waals surface area contributed by atoms with E-state index in [0.717, 1.165) is 17.8 Å². The Bertz CT molecular complexity index is 629. The van der Waals surface area contributed by atoms with Crippen molar-refractivity contribution >= 4 is 11.0 Å². The molecule has 4 heteroatoms. The lowest BCUT2D eigenvalue weighted by Gasteiger charge is -2.33. The summed E-state index contributed by atoms with van der Waals surface area (Å²) in [6, 6.07) is 8.59. The first-order valence-electron chi connectivity index (χ1n) is 7.89. The van der Waals surface area contributed by atoms with Gasteiger partial charge in [0, 0.05) is 19.5 Å². The first-order chi connectivity index (χ1) is 10.0. The zero-order chi connectivity index (χ0) is 15.0. The Balaban J connectivity index is 1.87. The second-order valence-corrected chi connectivity index (χ2v) is 7.04. The van der Waals surface area contributed by atoms with Crippen molar-refractivity contribution in [2.45, 2.75) is 45.6 Å². The second-order valence-electron chi connectivity index (χ2n) is 7.04. The summed E-state index contributed by atoms with van der Waals surface area (Å²) in [5.74, 6) is 7.60. The topological polar surface area (TPSA) is 55.9 Å². The lowest BCUT2D eigenvalue weighted by Crippen LogP contribution is -2.46. The zero-order valence-electron chi connectivity index (χ0n) is 13.3. The lowest BCUT2D eigenvalue weighted by molar-refractivity contribution is 0.194. The Morgan fingerprint density at radius 2 is 2.19 bits per heavy atom. The fourth-order valence-electron chi connectivity index (χ4n) is 3.99. The monoisotopic (exact) mass is 286 g/mol. The van der Waals surface area contributed by atoms with Crippen molar-refractivity contribution in [1.29, 1.82) is 0 Å². The van der Waals surface area contributed by atoms with E-state index >= 15 is 0 Å². The van der Waals surface area contributed by atoms with Gasteiger partial charge in [0.15, 0.2) is 0 Å². The number of benzene rings is 1. The molecule has 2 atom stereocenters. The van der Waals surface area contributed by atoms with Crippen molar-refractivity contribution in [3.8, 4) is 0 Å². The molecular formula is C17H26N4. The second kappa shape index (κ2) is 5.43. The van der Waals surface area contributed by atoms with Crippen LogP contribution in [0, 0.1) is 11.3 Å². The van der Waals surface area contributed by atoms with E-state index in [4.69, 9.17) is 10.8 Å². The highest BCUT2D eigenvalue weighted by Gasteiger charge is 2.39. The van der Waals surface area contributed by atoms with Gasteiger partial charge in [0.05, 0.1) is 11.0 Å². The number of rotatable bonds is 4. The molecule has 2 unspecified atom stereocenters. The van der Waals surface area contributed by atoms with Gasteiger partial charge >= 0.3 is 0 Å². The van der Waals surface area contributed by atoms with Crippen LogP contribution in [0.1, 0.15) is 38.9 Å². The van der Waals surface area contributed by atoms with Gasteiger partial charge in [-0.15, -0.1) is 0 Å². The van der Waals surface area contributed by atoms with Gasteiger partial charge in [-0.1, -0.05) is 32.4 Å².